The second-order valence-electron chi connectivity index (χ2n) is 6.35. The lowest BCUT2D eigenvalue weighted by Crippen LogP contribution is -2.48. The molecule has 0 spiro atoms. The Balaban J connectivity index is 1.53. The van der Waals surface area contributed by atoms with Gasteiger partial charge in [-0.25, -0.2) is 9.78 Å². The third-order valence-corrected chi connectivity index (χ3v) is 4.44. The number of oxazole rings is 1. The molecule has 0 bridgehead atoms. The number of carbonyl (C=O) groups excluding carboxylic acids is 3. The Hall–Kier alpha value is -3.16. The van der Waals surface area contributed by atoms with Crippen LogP contribution in [0, 0.1) is 0 Å². The highest BCUT2D eigenvalue weighted by molar-refractivity contribution is 6.09. The molecule has 2 aliphatic rings. The van der Waals surface area contributed by atoms with Crippen LogP contribution in [0.5, 0.6) is 0 Å². The van der Waals surface area contributed by atoms with E-state index in [-0.39, 0.29) is 11.6 Å². The zero-order valence-electron chi connectivity index (χ0n) is 13.5. The van der Waals surface area contributed by atoms with Crippen LogP contribution in [0.15, 0.2) is 41.0 Å². The maximum atomic E-state index is 12.7. The third-order valence-electron chi connectivity index (χ3n) is 4.44. The molecule has 2 aromatic rings. The second kappa shape index (κ2) is 5.44. The standard InChI is InChI=1S/C17H16N4O4/c1-17(11-5-3-2-4-6-11)15(23)21(16(24)19-17)20-13(22)12-9-25-14(18-12)10-7-8-10/h2-6,9-10H,7-8H2,1H3,(H,19,24)(H,20,22). The minimum atomic E-state index is -1.24. The molecule has 1 atom stereocenters. The molecule has 1 aliphatic carbocycles. The Labute approximate surface area is 143 Å². The molecule has 8 heteroatoms. The van der Waals surface area contributed by atoms with Crippen molar-refractivity contribution in [3.05, 3.63) is 53.7 Å². The fraction of sp³-hybridized carbons (Fsp3) is 0.294. The van der Waals surface area contributed by atoms with Crippen LogP contribution in [0.4, 0.5) is 4.79 Å². The summed E-state index contributed by atoms with van der Waals surface area (Å²) in [5, 5.41) is 3.30. The first-order chi connectivity index (χ1) is 12.0. The lowest BCUT2D eigenvalue weighted by atomic mass is 9.92. The van der Waals surface area contributed by atoms with Crippen LogP contribution in [-0.2, 0) is 10.3 Å². The first kappa shape index (κ1) is 15.4. The summed E-state index contributed by atoms with van der Waals surface area (Å²) in [4.78, 5) is 41.3. The van der Waals surface area contributed by atoms with Crippen molar-refractivity contribution in [1.82, 2.24) is 20.7 Å². The van der Waals surface area contributed by atoms with Gasteiger partial charge < -0.3 is 9.73 Å². The first-order valence-corrected chi connectivity index (χ1v) is 7.97. The van der Waals surface area contributed by atoms with E-state index in [2.05, 4.69) is 15.7 Å². The van der Waals surface area contributed by atoms with E-state index in [4.69, 9.17) is 4.42 Å². The highest BCUT2D eigenvalue weighted by Crippen LogP contribution is 2.39. The van der Waals surface area contributed by atoms with E-state index in [0.717, 1.165) is 12.8 Å². The number of benzene rings is 1. The molecule has 4 amide bonds. The summed E-state index contributed by atoms with van der Waals surface area (Å²) >= 11 is 0. The molecule has 1 aromatic heterocycles. The van der Waals surface area contributed by atoms with Gasteiger partial charge >= 0.3 is 6.03 Å². The first-order valence-electron chi connectivity index (χ1n) is 7.97. The van der Waals surface area contributed by atoms with Crippen LogP contribution in [0.1, 0.15) is 47.6 Å². The second-order valence-corrected chi connectivity index (χ2v) is 6.35. The summed E-state index contributed by atoms with van der Waals surface area (Å²) in [6.07, 6.45) is 3.21. The van der Waals surface area contributed by atoms with Crippen LogP contribution in [0.25, 0.3) is 0 Å². The molecule has 2 N–H and O–H groups in total. The highest BCUT2D eigenvalue weighted by Gasteiger charge is 2.50. The molecule has 1 saturated heterocycles. The van der Waals surface area contributed by atoms with Crippen LogP contribution in [0.3, 0.4) is 0 Å². The SMILES string of the molecule is CC1(c2ccccc2)NC(=O)N(NC(=O)c2coc(C3CC3)n2)C1=O. The Morgan fingerprint density at radius 1 is 1.32 bits per heavy atom. The van der Waals surface area contributed by atoms with Crippen molar-refractivity contribution in [1.29, 1.82) is 0 Å². The van der Waals surface area contributed by atoms with E-state index in [1.165, 1.54) is 6.26 Å². The van der Waals surface area contributed by atoms with E-state index >= 15 is 0 Å². The average Bonchev–Trinajstić information content (AvgIpc) is 3.30. The van der Waals surface area contributed by atoms with Crippen LogP contribution >= 0.6 is 0 Å². The lowest BCUT2D eigenvalue weighted by molar-refractivity contribution is -0.132. The normalized spacial score (nSPS) is 22.8. The highest BCUT2D eigenvalue weighted by atomic mass is 16.3. The molecular formula is C17H16N4O4. The number of carbonyl (C=O) groups is 3. The summed E-state index contributed by atoms with van der Waals surface area (Å²) in [7, 11) is 0. The van der Waals surface area contributed by atoms with Crippen molar-refractivity contribution in [2.45, 2.75) is 31.2 Å². The van der Waals surface area contributed by atoms with Crippen molar-refractivity contribution in [3.63, 3.8) is 0 Å². The van der Waals surface area contributed by atoms with E-state index < -0.39 is 23.4 Å². The van der Waals surface area contributed by atoms with Gasteiger partial charge in [0.05, 0.1) is 0 Å². The summed E-state index contributed by atoms with van der Waals surface area (Å²) in [6.45, 7) is 1.59. The van der Waals surface area contributed by atoms with Gasteiger partial charge in [-0.2, -0.15) is 5.01 Å². The van der Waals surface area contributed by atoms with Crippen LogP contribution in [-0.4, -0.2) is 27.8 Å². The van der Waals surface area contributed by atoms with Gasteiger partial charge in [-0.3, -0.25) is 15.0 Å². The number of hydrogen-bond acceptors (Lipinski definition) is 5. The zero-order chi connectivity index (χ0) is 17.6. The number of aromatic nitrogens is 1. The molecular weight excluding hydrogens is 324 g/mol. The summed E-state index contributed by atoms with van der Waals surface area (Å²) < 4.78 is 5.26. The summed E-state index contributed by atoms with van der Waals surface area (Å²) in [5.74, 6) is -0.462. The van der Waals surface area contributed by atoms with Gasteiger partial charge in [0.25, 0.3) is 11.8 Å². The van der Waals surface area contributed by atoms with E-state index in [0.29, 0.717) is 16.5 Å². The largest absolute Gasteiger partial charge is 0.448 e. The van der Waals surface area contributed by atoms with E-state index in [9.17, 15) is 14.4 Å². The molecule has 1 saturated carbocycles. The smallest absolute Gasteiger partial charge is 0.344 e. The number of imide groups is 1. The molecule has 128 valence electrons. The number of nitrogens with one attached hydrogen (secondary N) is 2. The molecule has 8 nitrogen and oxygen atoms in total. The quantitative estimate of drug-likeness (QED) is 0.824. The maximum Gasteiger partial charge on any atom is 0.344 e. The van der Waals surface area contributed by atoms with Crippen molar-refractivity contribution < 1.29 is 18.8 Å². The van der Waals surface area contributed by atoms with E-state index in [1.54, 1.807) is 31.2 Å². The number of hydrazine groups is 1. The van der Waals surface area contributed by atoms with Gasteiger partial charge in [0, 0.05) is 5.92 Å². The fourth-order valence-electron chi connectivity index (χ4n) is 2.78. The monoisotopic (exact) mass is 340 g/mol. The summed E-state index contributed by atoms with van der Waals surface area (Å²) in [6, 6.07) is 8.14. The molecule has 0 radical (unpaired) electrons. The van der Waals surface area contributed by atoms with Gasteiger partial charge in [0.15, 0.2) is 11.6 Å². The Morgan fingerprint density at radius 2 is 2.04 bits per heavy atom. The molecule has 1 unspecified atom stereocenters. The van der Waals surface area contributed by atoms with E-state index in [1.807, 2.05) is 6.07 Å². The summed E-state index contributed by atoms with van der Waals surface area (Å²) in [5.41, 5.74) is 1.73. The molecule has 4 rings (SSSR count). The van der Waals surface area contributed by atoms with Gasteiger partial charge in [-0.05, 0) is 25.3 Å². The van der Waals surface area contributed by atoms with Crippen molar-refractivity contribution in [3.8, 4) is 0 Å². The Morgan fingerprint density at radius 3 is 2.72 bits per heavy atom. The molecule has 2 heterocycles. The van der Waals surface area contributed by atoms with Crippen molar-refractivity contribution in [2.75, 3.05) is 0 Å². The molecule has 25 heavy (non-hydrogen) atoms. The molecule has 2 fully saturated rings. The fourth-order valence-corrected chi connectivity index (χ4v) is 2.78. The number of hydrogen-bond donors (Lipinski definition) is 2. The lowest BCUT2D eigenvalue weighted by Gasteiger charge is -2.21. The topological polar surface area (TPSA) is 105 Å². The zero-order valence-corrected chi connectivity index (χ0v) is 13.5. The average molecular weight is 340 g/mol. The Kier molecular flexibility index (Phi) is 3.34. The minimum Gasteiger partial charge on any atom is -0.448 e. The van der Waals surface area contributed by atoms with Gasteiger partial charge in [-0.1, -0.05) is 30.3 Å². The minimum absolute atomic E-state index is 0.0378. The van der Waals surface area contributed by atoms with Crippen molar-refractivity contribution in [2.24, 2.45) is 0 Å². The number of urea groups is 1. The predicted molar refractivity (Wildman–Crippen MR) is 85.1 cm³/mol. The van der Waals surface area contributed by atoms with Crippen LogP contribution < -0.4 is 10.7 Å². The van der Waals surface area contributed by atoms with Crippen LogP contribution in [0.2, 0.25) is 0 Å². The molecule has 1 aliphatic heterocycles. The van der Waals surface area contributed by atoms with Crippen molar-refractivity contribution >= 4 is 17.8 Å². The van der Waals surface area contributed by atoms with Gasteiger partial charge in [-0.15, -0.1) is 0 Å². The van der Waals surface area contributed by atoms with Gasteiger partial charge in [0.1, 0.15) is 11.8 Å². The molecule has 1 aromatic carbocycles. The predicted octanol–water partition coefficient (Wildman–Crippen LogP) is 1.66. The maximum absolute atomic E-state index is 12.7. The number of rotatable bonds is 4. The third kappa shape index (κ3) is 2.55. The Bertz CT molecular complexity index is 859. The van der Waals surface area contributed by atoms with Gasteiger partial charge in [0.2, 0.25) is 0 Å². The number of nitrogens with zero attached hydrogens (tertiary/aromatic N) is 2. The number of amides is 4.